The Morgan fingerprint density at radius 1 is 0.967 bits per heavy atom. The van der Waals surface area contributed by atoms with Gasteiger partial charge in [-0.3, -0.25) is 4.40 Å². The molecule has 1 N–H and O–H groups in total. The first-order chi connectivity index (χ1) is 14.9. The summed E-state index contributed by atoms with van der Waals surface area (Å²) < 4.78 is 8.07. The van der Waals surface area contributed by atoms with Crippen molar-refractivity contribution in [3.05, 3.63) is 72.7 Å². The third-order valence-electron chi connectivity index (χ3n) is 5.59. The summed E-state index contributed by atoms with van der Waals surface area (Å²) in [7, 11) is 0. The molecule has 6 nitrogen and oxygen atoms in total. The predicted octanol–water partition coefficient (Wildman–Crippen LogP) is 5.11. The fourth-order valence-corrected chi connectivity index (χ4v) is 4.02. The van der Waals surface area contributed by atoms with Crippen LogP contribution in [0.25, 0.3) is 17.0 Å². The minimum absolute atomic E-state index is 0.467. The lowest BCUT2D eigenvalue weighted by atomic mass is 9.96. The molecule has 0 aliphatic heterocycles. The van der Waals surface area contributed by atoms with Crippen molar-refractivity contribution in [1.82, 2.24) is 19.4 Å². The van der Waals surface area contributed by atoms with Crippen LogP contribution < -0.4 is 10.1 Å². The number of fused-ring (bicyclic) bond motifs is 1. The highest BCUT2D eigenvalue weighted by Gasteiger charge is 2.16. The van der Waals surface area contributed by atoms with Crippen LogP contribution in [-0.4, -0.2) is 25.4 Å². The molecule has 0 radical (unpaired) electrons. The van der Waals surface area contributed by atoms with Gasteiger partial charge in [0.1, 0.15) is 6.61 Å². The molecule has 0 spiro atoms. The average molecular weight is 399 g/mol. The molecule has 4 aromatic rings. The second kappa shape index (κ2) is 8.53. The number of imidazole rings is 1. The van der Waals surface area contributed by atoms with Crippen LogP contribution in [0.15, 0.2) is 67.1 Å². The van der Waals surface area contributed by atoms with Crippen molar-refractivity contribution < 1.29 is 4.74 Å². The van der Waals surface area contributed by atoms with Crippen molar-refractivity contribution in [3.63, 3.8) is 0 Å². The van der Waals surface area contributed by atoms with Gasteiger partial charge in [0.05, 0.1) is 17.6 Å². The summed E-state index contributed by atoms with van der Waals surface area (Å²) in [6.45, 7) is 0.506. The topological polar surface area (TPSA) is 64.3 Å². The molecule has 1 fully saturated rings. The van der Waals surface area contributed by atoms with Crippen molar-refractivity contribution in [2.24, 2.45) is 0 Å². The third kappa shape index (κ3) is 3.99. The van der Waals surface area contributed by atoms with Crippen LogP contribution in [0, 0.1) is 0 Å². The van der Waals surface area contributed by atoms with Crippen molar-refractivity contribution in [1.29, 1.82) is 0 Å². The second-order valence-electron chi connectivity index (χ2n) is 7.73. The third-order valence-corrected chi connectivity index (χ3v) is 5.59. The van der Waals surface area contributed by atoms with E-state index < -0.39 is 0 Å². The first kappa shape index (κ1) is 18.6. The monoisotopic (exact) mass is 399 g/mol. The maximum Gasteiger partial charge on any atom is 0.223 e. The molecule has 1 saturated carbocycles. The number of nitrogens with one attached hydrogen (secondary N) is 1. The number of rotatable bonds is 6. The van der Waals surface area contributed by atoms with Crippen LogP contribution in [0.4, 0.5) is 5.95 Å². The number of pyridine rings is 1. The number of aromatic nitrogens is 4. The fourth-order valence-electron chi connectivity index (χ4n) is 4.02. The molecule has 3 heterocycles. The van der Waals surface area contributed by atoms with Crippen LogP contribution in [0.3, 0.4) is 0 Å². The molecule has 1 aromatic carbocycles. The van der Waals surface area contributed by atoms with Gasteiger partial charge < -0.3 is 10.1 Å². The summed E-state index contributed by atoms with van der Waals surface area (Å²) in [6, 6.07) is 16.5. The first-order valence-corrected chi connectivity index (χ1v) is 10.6. The van der Waals surface area contributed by atoms with E-state index in [0.717, 1.165) is 28.3 Å². The van der Waals surface area contributed by atoms with E-state index in [-0.39, 0.29) is 0 Å². The van der Waals surface area contributed by atoms with Gasteiger partial charge >= 0.3 is 0 Å². The molecule has 0 unspecified atom stereocenters. The van der Waals surface area contributed by atoms with Crippen molar-refractivity contribution in [2.45, 2.75) is 44.8 Å². The molecule has 152 valence electrons. The Morgan fingerprint density at radius 3 is 2.70 bits per heavy atom. The lowest BCUT2D eigenvalue weighted by Crippen LogP contribution is -2.23. The van der Waals surface area contributed by atoms with E-state index >= 15 is 0 Å². The van der Waals surface area contributed by atoms with E-state index in [1.165, 1.54) is 32.1 Å². The van der Waals surface area contributed by atoms with Gasteiger partial charge in [-0.1, -0.05) is 49.6 Å². The number of benzene rings is 1. The van der Waals surface area contributed by atoms with E-state index in [1.54, 1.807) is 0 Å². The Kier molecular flexibility index (Phi) is 5.29. The summed E-state index contributed by atoms with van der Waals surface area (Å²) >= 11 is 0. The molecule has 6 heteroatoms. The zero-order valence-corrected chi connectivity index (χ0v) is 16.9. The van der Waals surface area contributed by atoms with Crippen molar-refractivity contribution in [2.75, 3.05) is 5.32 Å². The molecule has 3 aromatic heterocycles. The largest absolute Gasteiger partial charge is 0.485 e. The summed E-state index contributed by atoms with van der Waals surface area (Å²) in [6.07, 6.45) is 11.9. The lowest BCUT2D eigenvalue weighted by molar-refractivity contribution is 0.308. The minimum Gasteiger partial charge on any atom is -0.485 e. The summed E-state index contributed by atoms with van der Waals surface area (Å²) in [4.78, 5) is 13.8. The SMILES string of the molecule is c1ccc(COc2cccn3c(-c4ccnc(NC5CCCCC5)n4)cnc23)cc1. The zero-order valence-electron chi connectivity index (χ0n) is 16.9. The summed E-state index contributed by atoms with van der Waals surface area (Å²) in [5, 5.41) is 3.50. The van der Waals surface area contributed by atoms with Crippen molar-refractivity contribution in [3.8, 4) is 17.1 Å². The average Bonchev–Trinajstić information content (AvgIpc) is 3.24. The molecule has 0 saturated heterocycles. The van der Waals surface area contributed by atoms with E-state index in [4.69, 9.17) is 9.72 Å². The van der Waals surface area contributed by atoms with Gasteiger partial charge in [-0.15, -0.1) is 0 Å². The van der Waals surface area contributed by atoms with Crippen LogP contribution in [-0.2, 0) is 6.61 Å². The standard InChI is InChI=1S/C24H25N5O/c1-3-8-18(9-4-1)17-30-22-12-7-15-29-21(16-26-23(22)29)20-13-14-25-24(28-20)27-19-10-5-2-6-11-19/h1,3-4,7-9,12-16,19H,2,5-6,10-11,17H2,(H,25,27,28). The molecular formula is C24H25N5O. The normalized spacial score (nSPS) is 14.7. The highest BCUT2D eigenvalue weighted by molar-refractivity contribution is 5.65. The van der Waals surface area contributed by atoms with Crippen LogP contribution >= 0.6 is 0 Å². The van der Waals surface area contributed by atoms with E-state index in [1.807, 2.05) is 59.4 Å². The van der Waals surface area contributed by atoms with E-state index in [9.17, 15) is 0 Å². The Labute approximate surface area is 176 Å². The highest BCUT2D eigenvalue weighted by atomic mass is 16.5. The molecule has 30 heavy (non-hydrogen) atoms. The van der Waals surface area contributed by atoms with Gasteiger partial charge in [0.2, 0.25) is 5.95 Å². The minimum atomic E-state index is 0.467. The Bertz CT molecular complexity index is 1120. The molecule has 5 rings (SSSR count). The van der Waals surface area contributed by atoms with Gasteiger partial charge in [0.15, 0.2) is 11.4 Å². The van der Waals surface area contributed by atoms with Crippen LogP contribution in [0.2, 0.25) is 0 Å². The zero-order chi connectivity index (χ0) is 20.2. The van der Waals surface area contributed by atoms with Gasteiger partial charge in [-0.05, 0) is 36.6 Å². The van der Waals surface area contributed by atoms with Gasteiger partial charge in [0, 0.05) is 18.4 Å². The van der Waals surface area contributed by atoms with Crippen molar-refractivity contribution >= 4 is 11.6 Å². The summed E-state index contributed by atoms with van der Waals surface area (Å²) in [5.74, 6) is 1.44. The van der Waals surface area contributed by atoms with Crippen LogP contribution in [0.1, 0.15) is 37.7 Å². The number of nitrogens with zero attached hydrogens (tertiary/aromatic N) is 4. The van der Waals surface area contributed by atoms with Crippen LogP contribution in [0.5, 0.6) is 5.75 Å². The first-order valence-electron chi connectivity index (χ1n) is 10.6. The van der Waals surface area contributed by atoms with E-state index in [0.29, 0.717) is 18.6 Å². The number of hydrogen-bond donors (Lipinski definition) is 1. The maximum absolute atomic E-state index is 6.05. The molecule has 0 amide bonds. The Hall–Kier alpha value is -3.41. The molecular weight excluding hydrogens is 374 g/mol. The molecule has 0 bridgehead atoms. The highest BCUT2D eigenvalue weighted by Crippen LogP contribution is 2.26. The summed E-state index contributed by atoms with van der Waals surface area (Å²) in [5.41, 5.74) is 3.67. The van der Waals surface area contributed by atoms with Gasteiger partial charge in [0.25, 0.3) is 0 Å². The number of ether oxygens (including phenoxy) is 1. The Morgan fingerprint density at radius 2 is 1.83 bits per heavy atom. The molecule has 0 atom stereocenters. The molecule has 1 aliphatic carbocycles. The Balaban J connectivity index is 1.39. The smallest absolute Gasteiger partial charge is 0.223 e. The number of hydrogen-bond acceptors (Lipinski definition) is 5. The predicted molar refractivity (Wildman–Crippen MR) is 117 cm³/mol. The number of anilines is 1. The van der Waals surface area contributed by atoms with Gasteiger partial charge in [-0.2, -0.15) is 0 Å². The lowest BCUT2D eigenvalue weighted by Gasteiger charge is -2.22. The maximum atomic E-state index is 6.05. The second-order valence-corrected chi connectivity index (χ2v) is 7.73. The molecule has 1 aliphatic rings. The van der Waals surface area contributed by atoms with Gasteiger partial charge in [-0.25, -0.2) is 15.0 Å². The fraction of sp³-hybridized carbons (Fsp3) is 0.292. The van der Waals surface area contributed by atoms with E-state index in [2.05, 4.69) is 27.4 Å². The quantitative estimate of drug-likeness (QED) is 0.488.